The Morgan fingerprint density at radius 2 is 1.81 bits per heavy atom. The fourth-order valence-corrected chi connectivity index (χ4v) is 3.69. The SMILES string of the molecule is Cc1nc(Cl)ccc1-c1cc(F)c(OCC2CCN(C(=O)OC(C)(C)C)CC2)c(F)c1. The highest BCUT2D eigenvalue weighted by Gasteiger charge is 2.27. The molecule has 0 bridgehead atoms. The van der Waals surface area contributed by atoms with Crippen LogP contribution >= 0.6 is 11.6 Å². The van der Waals surface area contributed by atoms with Gasteiger partial charge in [-0.25, -0.2) is 18.6 Å². The van der Waals surface area contributed by atoms with Crippen molar-refractivity contribution in [2.45, 2.75) is 46.1 Å². The van der Waals surface area contributed by atoms with Gasteiger partial charge >= 0.3 is 6.09 Å². The summed E-state index contributed by atoms with van der Waals surface area (Å²) in [6.07, 6.45) is 1.01. The molecule has 0 unspecified atom stereocenters. The highest BCUT2D eigenvalue weighted by atomic mass is 35.5. The molecule has 31 heavy (non-hydrogen) atoms. The van der Waals surface area contributed by atoms with Crippen molar-refractivity contribution in [2.75, 3.05) is 19.7 Å². The average Bonchev–Trinajstić information content (AvgIpc) is 2.66. The molecule has 1 aliphatic heterocycles. The van der Waals surface area contributed by atoms with Crippen molar-refractivity contribution >= 4 is 17.7 Å². The molecule has 2 heterocycles. The third-order valence-corrected chi connectivity index (χ3v) is 5.30. The number of ether oxygens (including phenoxy) is 2. The number of aryl methyl sites for hydroxylation is 1. The second kappa shape index (κ2) is 9.39. The minimum absolute atomic E-state index is 0.0971. The molecule has 0 N–H and O–H groups in total. The molecule has 1 aromatic heterocycles. The Morgan fingerprint density at radius 1 is 1.19 bits per heavy atom. The Balaban J connectivity index is 1.60. The molecule has 1 fully saturated rings. The zero-order chi connectivity index (χ0) is 22.8. The lowest BCUT2D eigenvalue weighted by Gasteiger charge is -2.33. The number of hydrogen-bond acceptors (Lipinski definition) is 4. The summed E-state index contributed by atoms with van der Waals surface area (Å²) in [7, 11) is 0. The first kappa shape index (κ1) is 23.3. The molecular formula is C23H27ClF2N2O3. The highest BCUT2D eigenvalue weighted by molar-refractivity contribution is 6.29. The van der Waals surface area contributed by atoms with Crippen LogP contribution in [0.15, 0.2) is 24.3 Å². The van der Waals surface area contributed by atoms with Gasteiger partial charge in [0.2, 0.25) is 0 Å². The van der Waals surface area contributed by atoms with Gasteiger partial charge in [0.05, 0.1) is 6.61 Å². The summed E-state index contributed by atoms with van der Waals surface area (Å²) < 4.78 is 40.1. The molecule has 5 nitrogen and oxygen atoms in total. The van der Waals surface area contributed by atoms with Gasteiger partial charge in [0, 0.05) is 24.3 Å². The van der Waals surface area contributed by atoms with Gasteiger partial charge in [-0.15, -0.1) is 0 Å². The Hall–Kier alpha value is -2.41. The van der Waals surface area contributed by atoms with Gasteiger partial charge in [-0.05, 0) is 76.3 Å². The van der Waals surface area contributed by atoms with E-state index in [0.717, 1.165) is 0 Å². The van der Waals surface area contributed by atoms with Crippen molar-refractivity contribution in [1.29, 1.82) is 0 Å². The number of halogens is 3. The quantitative estimate of drug-likeness (QED) is 0.533. The molecule has 3 rings (SSSR count). The minimum atomic E-state index is -0.768. The van der Waals surface area contributed by atoms with Gasteiger partial charge in [-0.2, -0.15) is 0 Å². The molecule has 0 spiro atoms. The van der Waals surface area contributed by atoms with Gasteiger partial charge in [0.1, 0.15) is 10.8 Å². The summed E-state index contributed by atoms with van der Waals surface area (Å²) in [5, 5.41) is 0.319. The largest absolute Gasteiger partial charge is 0.487 e. The van der Waals surface area contributed by atoms with Gasteiger partial charge in [0.25, 0.3) is 0 Å². The van der Waals surface area contributed by atoms with Crippen molar-refractivity contribution in [3.8, 4) is 16.9 Å². The van der Waals surface area contributed by atoms with E-state index < -0.39 is 23.0 Å². The lowest BCUT2D eigenvalue weighted by atomic mass is 9.98. The summed E-state index contributed by atoms with van der Waals surface area (Å²) in [4.78, 5) is 17.9. The van der Waals surface area contributed by atoms with Crippen LogP contribution in [0.2, 0.25) is 5.15 Å². The second-order valence-corrected chi connectivity index (χ2v) is 9.14. The number of benzene rings is 1. The molecule has 2 aromatic rings. The Kier molecular flexibility index (Phi) is 7.04. The van der Waals surface area contributed by atoms with E-state index in [1.165, 1.54) is 12.1 Å². The lowest BCUT2D eigenvalue weighted by molar-refractivity contribution is 0.0164. The van der Waals surface area contributed by atoms with E-state index in [9.17, 15) is 13.6 Å². The summed E-state index contributed by atoms with van der Waals surface area (Å²) in [5.74, 6) is -1.83. The summed E-state index contributed by atoms with van der Waals surface area (Å²) >= 11 is 5.85. The van der Waals surface area contributed by atoms with E-state index in [4.69, 9.17) is 21.1 Å². The number of amides is 1. The van der Waals surface area contributed by atoms with Crippen LogP contribution in [0.1, 0.15) is 39.3 Å². The van der Waals surface area contributed by atoms with Gasteiger partial charge in [0.15, 0.2) is 17.4 Å². The van der Waals surface area contributed by atoms with E-state index in [1.54, 1.807) is 24.0 Å². The van der Waals surface area contributed by atoms with Gasteiger partial charge in [-0.1, -0.05) is 11.6 Å². The molecule has 1 saturated heterocycles. The maximum atomic E-state index is 14.6. The first-order valence-corrected chi connectivity index (χ1v) is 10.6. The number of nitrogens with zero attached hydrogens (tertiary/aromatic N) is 2. The van der Waals surface area contributed by atoms with Crippen molar-refractivity contribution in [2.24, 2.45) is 5.92 Å². The predicted molar refractivity (Wildman–Crippen MR) is 115 cm³/mol. The van der Waals surface area contributed by atoms with Crippen LogP contribution in [-0.2, 0) is 4.74 Å². The fourth-order valence-electron chi connectivity index (χ4n) is 3.50. The van der Waals surface area contributed by atoms with Gasteiger partial charge in [-0.3, -0.25) is 0 Å². The van der Waals surface area contributed by atoms with E-state index >= 15 is 0 Å². The maximum absolute atomic E-state index is 14.6. The summed E-state index contributed by atoms with van der Waals surface area (Å²) in [6.45, 7) is 8.42. The molecule has 0 saturated carbocycles. The Bertz CT molecular complexity index is 931. The number of carbonyl (C=O) groups is 1. The smallest absolute Gasteiger partial charge is 0.410 e. The third kappa shape index (κ3) is 6.06. The van der Waals surface area contributed by atoms with E-state index in [0.29, 0.717) is 47.9 Å². The van der Waals surface area contributed by atoms with Crippen LogP contribution < -0.4 is 4.74 Å². The van der Waals surface area contributed by atoms with Crippen molar-refractivity contribution < 1.29 is 23.0 Å². The first-order chi connectivity index (χ1) is 14.5. The van der Waals surface area contributed by atoms with E-state index in [2.05, 4.69) is 4.98 Å². The maximum Gasteiger partial charge on any atom is 0.410 e. The Morgan fingerprint density at radius 3 is 2.35 bits per heavy atom. The number of piperidine rings is 1. The topological polar surface area (TPSA) is 51.7 Å². The molecule has 1 amide bonds. The zero-order valence-corrected chi connectivity index (χ0v) is 18.9. The normalized spacial score (nSPS) is 15.1. The van der Waals surface area contributed by atoms with Crippen LogP contribution in [0.4, 0.5) is 13.6 Å². The molecule has 0 radical (unpaired) electrons. The molecule has 8 heteroatoms. The average molecular weight is 453 g/mol. The molecular weight excluding hydrogens is 426 g/mol. The zero-order valence-electron chi connectivity index (χ0n) is 18.2. The van der Waals surface area contributed by atoms with Crippen LogP contribution in [0.5, 0.6) is 5.75 Å². The fraction of sp³-hybridized carbons (Fsp3) is 0.478. The number of pyridine rings is 1. The van der Waals surface area contributed by atoms with Crippen LogP contribution in [0.3, 0.4) is 0 Å². The van der Waals surface area contributed by atoms with Crippen molar-refractivity contribution in [3.63, 3.8) is 0 Å². The monoisotopic (exact) mass is 452 g/mol. The summed E-state index contributed by atoms with van der Waals surface area (Å²) in [5.41, 5.74) is 1.01. The predicted octanol–water partition coefficient (Wildman–Crippen LogP) is 6.01. The molecule has 168 valence electrons. The molecule has 1 aromatic carbocycles. The van der Waals surface area contributed by atoms with Crippen molar-refractivity contribution in [3.05, 3.63) is 46.7 Å². The van der Waals surface area contributed by atoms with Crippen LogP contribution in [-0.4, -0.2) is 41.3 Å². The standard InChI is InChI=1S/C23H27ClF2N2O3/c1-14-17(5-6-20(24)27-14)16-11-18(25)21(19(26)12-16)30-13-15-7-9-28(10-8-15)22(29)31-23(2,3)4/h5-6,11-12,15H,7-10,13H2,1-4H3. The molecule has 1 aliphatic rings. The minimum Gasteiger partial charge on any atom is -0.487 e. The van der Waals surface area contributed by atoms with Gasteiger partial charge < -0.3 is 14.4 Å². The lowest BCUT2D eigenvalue weighted by Crippen LogP contribution is -2.42. The van der Waals surface area contributed by atoms with E-state index in [-0.39, 0.29) is 18.6 Å². The Labute approximate surface area is 186 Å². The number of hydrogen-bond donors (Lipinski definition) is 0. The highest BCUT2D eigenvalue weighted by Crippen LogP contribution is 2.31. The summed E-state index contributed by atoms with van der Waals surface area (Å²) in [6, 6.07) is 5.73. The number of carbonyl (C=O) groups excluding carboxylic acids is 1. The van der Waals surface area contributed by atoms with Crippen LogP contribution in [0.25, 0.3) is 11.1 Å². The number of rotatable bonds is 4. The number of aromatic nitrogens is 1. The molecule has 0 atom stereocenters. The third-order valence-electron chi connectivity index (χ3n) is 5.09. The first-order valence-electron chi connectivity index (χ1n) is 10.3. The molecule has 0 aliphatic carbocycles. The number of likely N-dealkylation sites (tertiary alicyclic amines) is 1. The van der Waals surface area contributed by atoms with Crippen molar-refractivity contribution in [1.82, 2.24) is 9.88 Å². The van der Waals surface area contributed by atoms with E-state index in [1.807, 2.05) is 20.8 Å². The van der Waals surface area contributed by atoms with Crippen LogP contribution in [0, 0.1) is 24.5 Å². The second-order valence-electron chi connectivity index (χ2n) is 8.76.